The SMILES string of the molecule is CCCCCCCCCCCCC1=POOc2ccccc21. The fraction of sp³-hybridized carbons (Fsp3) is 0.632. The molecule has 1 aromatic rings. The summed E-state index contributed by atoms with van der Waals surface area (Å²) >= 11 is 0. The standard InChI is InChI=1S/C19H29O2P/c1-2-3-4-5-6-7-8-9-10-11-16-19-17-14-12-13-15-18(17)20-21-22-19/h12-15H,2-11,16H2,1H3. The maximum absolute atomic E-state index is 5.22. The van der Waals surface area contributed by atoms with Gasteiger partial charge >= 0.3 is 0 Å². The highest BCUT2D eigenvalue weighted by Gasteiger charge is 2.14. The van der Waals surface area contributed by atoms with Crippen LogP contribution in [0.4, 0.5) is 0 Å². The number of fused-ring (bicyclic) bond motifs is 1. The molecule has 122 valence electrons. The van der Waals surface area contributed by atoms with Gasteiger partial charge in [0.15, 0.2) is 5.75 Å². The summed E-state index contributed by atoms with van der Waals surface area (Å²) in [5.74, 6) is 0.864. The molecular weight excluding hydrogens is 291 g/mol. The topological polar surface area (TPSA) is 18.5 Å². The normalized spacial score (nSPS) is 14.1. The molecule has 0 fully saturated rings. The van der Waals surface area contributed by atoms with E-state index >= 15 is 0 Å². The monoisotopic (exact) mass is 320 g/mol. The zero-order valence-corrected chi connectivity index (χ0v) is 14.7. The molecule has 0 bridgehead atoms. The molecule has 0 unspecified atom stereocenters. The number of para-hydroxylation sites is 1. The van der Waals surface area contributed by atoms with Crippen molar-refractivity contribution in [3.63, 3.8) is 0 Å². The maximum Gasteiger partial charge on any atom is 0.174 e. The molecule has 0 aliphatic carbocycles. The lowest BCUT2D eigenvalue weighted by Gasteiger charge is -2.15. The molecule has 0 aromatic heterocycles. The molecular formula is C19H29O2P. The molecule has 1 aliphatic heterocycles. The molecule has 0 amide bonds. The molecule has 0 atom stereocenters. The van der Waals surface area contributed by atoms with Crippen LogP contribution in [0.5, 0.6) is 5.75 Å². The van der Waals surface area contributed by atoms with Gasteiger partial charge in [-0.3, -0.25) is 0 Å². The first-order valence-electron chi connectivity index (χ1n) is 8.91. The Labute approximate surface area is 137 Å². The molecule has 2 nitrogen and oxygen atoms in total. The fourth-order valence-electron chi connectivity index (χ4n) is 2.89. The first-order chi connectivity index (χ1) is 10.9. The molecule has 2 rings (SSSR count). The zero-order chi connectivity index (χ0) is 15.5. The van der Waals surface area contributed by atoms with Crippen molar-refractivity contribution in [3.05, 3.63) is 29.8 Å². The summed E-state index contributed by atoms with van der Waals surface area (Å²) in [6, 6.07) is 8.17. The van der Waals surface area contributed by atoms with Crippen LogP contribution in [-0.2, 0) is 4.67 Å². The van der Waals surface area contributed by atoms with Gasteiger partial charge in [-0.05, 0) is 18.9 Å². The van der Waals surface area contributed by atoms with E-state index in [0.717, 1.165) is 20.6 Å². The summed E-state index contributed by atoms with van der Waals surface area (Å²) in [5.41, 5.74) is 1.23. The molecule has 3 heteroatoms. The van der Waals surface area contributed by atoms with E-state index in [0.29, 0.717) is 0 Å². The predicted octanol–water partition coefficient (Wildman–Crippen LogP) is 6.70. The number of unbranched alkanes of at least 4 members (excludes halogenated alkanes) is 9. The average molecular weight is 320 g/mol. The van der Waals surface area contributed by atoms with Crippen LogP contribution < -0.4 is 4.89 Å². The second-order valence-corrected chi connectivity index (χ2v) is 7.00. The third kappa shape index (κ3) is 6.10. The van der Waals surface area contributed by atoms with E-state index in [4.69, 9.17) is 9.56 Å². The van der Waals surface area contributed by atoms with Crippen molar-refractivity contribution < 1.29 is 9.56 Å². The average Bonchev–Trinajstić information content (AvgIpc) is 2.56. The number of benzene rings is 1. The summed E-state index contributed by atoms with van der Waals surface area (Å²) in [5, 5.41) is 1.36. The summed E-state index contributed by atoms with van der Waals surface area (Å²) in [4.78, 5) is 5.22. The Morgan fingerprint density at radius 2 is 1.45 bits per heavy atom. The maximum atomic E-state index is 5.22. The Morgan fingerprint density at radius 1 is 0.818 bits per heavy atom. The minimum atomic E-state index is 0.864. The predicted molar refractivity (Wildman–Crippen MR) is 95.6 cm³/mol. The largest absolute Gasteiger partial charge is 0.328 e. The van der Waals surface area contributed by atoms with Crippen molar-refractivity contribution in [2.45, 2.75) is 77.6 Å². The molecule has 0 saturated carbocycles. The molecule has 0 saturated heterocycles. The number of hydrogen-bond acceptors (Lipinski definition) is 2. The van der Waals surface area contributed by atoms with E-state index in [-0.39, 0.29) is 0 Å². The number of rotatable bonds is 11. The molecule has 22 heavy (non-hydrogen) atoms. The van der Waals surface area contributed by atoms with Gasteiger partial charge in [0.1, 0.15) is 8.43 Å². The Hall–Kier alpha value is -0.850. The quantitative estimate of drug-likeness (QED) is 0.256. The van der Waals surface area contributed by atoms with Crippen LogP contribution in [0.1, 0.15) is 83.1 Å². The molecule has 0 radical (unpaired) electrons. The summed E-state index contributed by atoms with van der Waals surface area (Å²) < 4.78 is 5.19. The minimum absolute atomic E-state index is 0.864. The molecule has 0 spiro atoms. The summed E-state index contributed by atoms with van der Waals surface area (Å²) in [7, 11) is 0.873. The van der Waals surface area contributed by atoms with Gasteiger partial charge in [0.25, 0.3) is 0 Å². The van der Waals surface area contributed by atoms with E-state index < -0.39 is 0 Å². The lowest BCUT2D eigenvalue weighted by molar-refractivity contribution is -0.0827. The highest BCUT2D eigenvalue weighted by molar-refractivity contribution is 7.36. The van der Waals surface area contributed by atoms with Crippen LogP contribution in [-0.4, -0.2) is 5.29 Å². The van der Waals surface area contributed by atoms with Crippen molar-refractivity contribution in [2.24, 2.45) is 0 Å². The molecule has 1 aliphatic rings. The van der Waals surface area contributed by atoms with Crippen molar-refractivity contribution in [1.29, 1.82) is 0 Å². The second kappa shape index (κ2) is 10.8. The molecule has 1 aromatic carbocycles. The Balaban J connectivity index is 1.53. The highest BCUT2D eigenvalue weighted by Crippen LogP contribution is 2.30. The smallest absolute Gasteiger partial charge is 0.174 e. The third-order valence-electron chi connectivity index (χ3n) is 4.24. The first kappa shape index (κ1) is 17.5. The van der Waals surface area contributed by atoms with Crippen LogP contribution in [0, 0.1) is 0 Å². The van der Waals surface area contributed by atoms with Crippen LogP contribution in [0.15, 0.2) is 24.3 Å². The van der Waals surface area contributed by atoms with E-state index in [1.807, 2.05) is 12.1 Å². The van der Waals surface area contributed by atoms with Gasteiger partial charge in [-0.25, -0.2) is 0 Å². The van der Waals surface area contributed by atoms with Gasteiger partial charge in [-0.15, -0.1) is 4.67 Å². The van der Waals surface area contributed by atoms with Crippen molar-refractivity contribution in [2.75, 3.05) is 0 Å². The van der Waals surface area contributed by atoms with Crippen LogP contribution in [0.25, 0.3) is 0 Å². The van der Waals surface area contributed by atoms with E-state index in [1.54, 1.807) is 0 Å². The second-order valence-electron chi connectivity index (χ2n) is 6.12. The lowest BCUT2D eigenvalue weighted by Crippen LogP contribution is -2.07. The Morgan fingerprint density at radius 3 is 2.18 bits per heavy atom. The van der Waals surface area contributed by atoms with E-state index in [2.05, 4.69) is 19.1 Å². The zero-order valence-electron chi connectivity index (χ0n) is 13.9. The van der Waals surface area contributed by atoms with Gasteiger partial charge in [0, 0.05) is 10.9 Å². The number of hydrogen-bond donors (Lipinski definition) is 0. The van der Waals surface area contributed by atoms with Gasteiger partial charge in [0.05, 0.1) is 0 Å². The third-order valence-corrected chi connectivity index (χ3v) is 5.07. The lowest BCUT2D eigenvalue weighted by atomic mass is 10.0. The molecule has 0 N–H and O–H groups in total. The van der Waals surface area contributed by atoms with Gasteiger partial charge in [0.2, 0.25) is 0 Å². The van der Waals surface area contributed by atoms with E-state index in [1.165, 1.54) is 75.1 Å². The van der Waals surface area contributed by atoms with Gasteiger partial charge in [-0.2, -0.15) is 0 Å². The van der Waals surface area contributed by atoms with Crippen LogP contribution >= 0.6 is 8.43 Å². The minimum Gasteiger partial charge on any atom is -0.328 e. The molecule has 1 heterocycles. The highest BCUT2D eigenvalue weighted by atomic mass is 31.1. The first-order valence-corrected chi connectivity index (χ1v) is 9.73. The summed E-state index contributed by atoms with van der Waals surface area (Å²) in [6.07, 6.45) is 14.9. The van der Waals surface area contributed by atoms with E-state index in [9.17, 15) is 0 Å². The fourth-order valence-corrected chi connectivity index (χ4v) is 3.63. The van der Waals surface area contributed by atoms with Crippen LogP contribution in [0.3, 0.4) is 0 Å². The van der Waals surface area contributed by atoms with Gasteiger partial charge < -0.3 is 4.89 Å². The summed E-state index contributed by atoms with van der Waals surface area (Å²) in [6.45, 7) is 2.28. The van der Waals surface area contributed by atoms with Crippen molar-refractivity contribution in [3.8, 4) is 5.75 Å². The van der Waals surface area contributed by atoms with Gasteiger partial charge in [-0.1, -0.05) is 82.9 Å². The van der Waals surface area contributed by atoms with Crippen molar-refractivity contribution in [1.82, 2.24) is 0 Å². The Bertz CT molecular complexity index is 457. The Kier molecular flexibility index (Phi) is 8.60. The van der Waals surface area contributed by atoms with Crippen molar-refractivity contribution >= 4 is 13.7 Å². The van der Waals surface area contributed by atoms with Crippen LogP contribution in [0.2, 0.25) is 0 Å².